The number of nitrogen functional groups attached to an aromatic ring is 1. The summed E-state index contributed by atoms with van der Waals surface area (Å²) < 4.78 is 1.16. The lowest BCUT2D eigenvalue weighted by atomic mass is 10.2. The molecule has 0 unspecified atom stereocenters. The molecule has 0 amide bonds. The van der Waals surface area contributed by atoms with Crippen molar-refractivity contribution < 1.29 is 0 Å². The molecule has 0 aliphatic heterocycles. The summed E-state index contributed by atoms with van der Waals surface area (Å²) in [4.78, 5) is 6.88. The highest BCUT2D eigenvalue weighted by molar-refractivity contribution is 7.99. The number of aromatic nitrogens is 1. The standard InChI is InChI=1S/C16H16N2S2/c1-9-4-5-10(2)14(6-9)20-15-8-13-16(7-12(15)17)19-11(3)18-13/h4-8H,17H2,1-3H3. The van der Waals surface area contributed by atoms with E-state index in [0.29, 0.717) is 0 Å². The minimum absolute atomic E-state index is 0.826. The summed E-state index contributed by atoms with van der Waals surface area (Å²) in [5, 5.41) is 1.08. The molecule has 0 saturated heterocycles. The number of nitrogens with two attached hydrogens (primary N) is 1. The number of hydrogen-bond acceptors (Lipinski definition) is 4. The highest BCUT2D eigenvalue weighted by Gasteiger charge is 2.09. The average Bonchev–Trinajstić information content (AvgIpc) is 2.73. The van der Waals surface area contributed by atoms with Crippen molar-refractivity contribution in [1.82, 2.24) is 4.98 Å². The van der Waals surface area contributed by atoms with Gasteiger partial charge in [-0.15, -0.1) is 11.3 Å². The van der Waals surface area contributed by atoms with Gasteiger partial charge in [0, 0.05) is 15.5 Å². The fourth-order valence-corrected chi connectivity index (χ4v) is 4.03. The van der Waals surface area contributed by atoms with Crippen molar-refractivity contribution in [2.75, 3.05) is 5.73 Å². The number of thiazole rings is 1. The Bertz CT molecular complexity index is 791. The third kappa shape index (κ3) is 2.53. The van der Waals surface area contributed by atoms with E-state index in [-0.39, 0.29) is 0 Å². The number of benzene rings is 2. The van der Waals surface area contributed by atoms with E-state index in [9.17, 15) is 0 Å². The minimum atomic E-state index is 0.826. The molecule has 20 heavy (non-hydrogen) atoms. The van der Waals surface area contributed by atoms with Crippen LogP contribution in [-0.4, -0.2) is 4.98 Å². The molecule has 2 N–H and O–H groups in total. The van der Waals surface area contributed by atoms with Gasteiger partial charge in [-0.3, -0.25) is 0 Å². The molecular formula is C16H16N2S2. The number of anilines is 1. The smallest absolute Gasteiger partial charge is 0.0907 e. The lowest BCUT2D eigenvalue weighted by Crippen LogP contribution is -1.89. The second-order valence-electron chi connectivity index (χ2n) is 4.96. The third-order valence-electron chi connectivity index (χ3n) is 3.19. The lowest BCUT2D eigenvalue weighted by molar-refractivity contribution is 1.25. The zero-order valence-corrected chi connectivity index (χ0v) is 13.4. The van der Waals surface area contributed by atoms with Crippen molar-refractivity contribution in [3.8, 4) is 0 Å². The Hall–Kier alpha value is -1.52. The van der Waals surface area contributed by atoms with E-state index in [2.05, 4.69) is 43.1 Å². The molecule has 0 bridgehead atoms. The van der Waals surface area contributed by atoms with Crippen LogP contribution in [0.1, 0.15) is 16.1 Å². The Kier molecular flexibility index (Phi) is 3.44. The van der Waals surface area contributed by atoms with Gasteiger partial charge in [-0.25, -0.2) is 4.98 Å². The van der Waals surface area contributed by atoms with Crippen LogP contribution in [0.25, 0.3) is 10.2 Å². The maximum absolute atomic E-state index is 6.19. The van der Waals surface area contributed by atoms with Crippen LogP contribution in [0.4, 0.5) is 5.69 Å². The van der Waals surface area contributed by atoms with Gasteiger partial charge in [-0.2, -0.15) is 0 Å². The normalized spacial score (nSPS) is 11.2. The van der Waals surface area contributed by atoms with E-state index in [0.717, 1.165) is 25.8 Å². The summed E-state index contributed by atoms with van der Waals surface area (Å²) in [5.41, 5.74) is 10.6. The highest BCUT2D eigenvalue weighted by Crippen LogP contribution is 2.37. The first-order chi connectivity index (χ1) is 9.52. The van der Waals surface area contributed by atoms with Crippen molar-refractivity contribution in [3.63, 3.8) is 0 Å². The lowest BCUT2D eigenvalue weighted by Gasteiger charge is -2.09. The minimum Gasteiger partial charge on any atom is -0.398 e. The van der Waals surface area contributed by atoms with Gasteiger partial charge in [0.25, 0.3) is 0 Å². The maximum Gasteiger partial charge on any atom is 0.0907 e. The Morgan fingerprint density at radius 3 is 2.65 bits per heavy atom. The molecular weight excluding hydrogens is 284 g/mol. The summed E-state index contributed by atoms with van der Waals surface area (Å²) in [6, 6.07) is 10.6. The van der Waals surface area contributed by atoms with E-state index in [4.69, 9.17) is 5.73 Å². The summed E-state index contributed by atoms with van der Waals surface area (Å²) >= 11 is 3.41. The van der Waals surface area contributed by atoms with Gasteiger partial charge in [0.15, 0.2) is 0 Å². The van der Waals surface area contributed by atoms with Crippen LogP contribution in [-0.2, 0) is 0 Å². The molecule has 0 atom stereocenters. The van der Waals surface area contributed by atoms with Gasteiger partial charge in [-0.05, 0) is 50.1 Å². The SMILES string of the molecule is Cc1ccc(C)c(Sc2cc3nc(C)sc3cc2N)c1. The van der Waals surface area contributed by atoms with Crippen LogP contribution in [0.15, 0.2) is 40.1 Å². The van der Waals surface area contributed by atoms with E-state index >= 15 is 0 Å². The highest BCUT2D eigenvalue weighted by atomic mass is 32.2. The second kappa shape index (κ2) is 5.11. The van der Waals surface area contributed by atoms with Gasteiger partial charge in [-0.1, -0.05) is 23.9 Å². The fraction of sp³-hybridized carbons (Fsp3) is 0.188. The molecule has 3 aromatic rings. The number of rotatable bonds is 2. The van der Waals surface area contributed by atoms with Gasteiger partial charge in [0.1, 0.15) is 0 Å². The summed E-state index contributed by atoms with van der Waals surface area (Å²) in [7, 11) is 0. The van der Waals surface area contributed by atoms with Crippen LogP contribution in [0, 0.1) is 20.8 Å². The molecule has 2 aromatic carbocycles. The quantitative estimate of drug-likeness (QED) is 0.680. The molecule has 102 valence electrons. The topological polar surface area (TPSA) is 38.9 Å². The summed E-state index contributed by atoms with van der Waals surface area (Å²) in [5.74, 6) is 0. The van der Waals surface area contributed by atoms with E-state index in [1.165, 1.54) is 16.0 Å². The van der Waals surface area contributed by atoms with E-state index in [1.54, 1.807) is 23.1 Å². The molecule has 0 spiro atoms. The first kappa shape index (κ1) is 13.5. The van der Waals surface area contributed by atoms with Crippen molar-refractivity contribution in [2.24, 2.45) is 0 Å². The molecule has 0 aliphatic carbocycles. The van der Waals surface area contributed by atoms with Crippen LogP contribution in [0.2, 0.25) is 0 Å². The summed E-state index contributed by atoms with van der Waals surface area (Å²) in [6.07, 6.45) is 0. The molecule has 0 fully saturated rings. The molecule has 1 heterocycles. The first-order valence-electron chi connectivity index (χ1n) is 6.45. The Labute approximate surface area is 127 Å². The fourth-order valence-electron chi connectivity index (χ4n) is 2.11. The Morgan fingerprint density at radius 1 is 1.05 bits per heavy atom. The predicted octanol–water partition coefficient (Wildman–Crippen LogP) is 4.95. The van der Waals surface area contributed by atoms with E-state index < -0.39 is 0 Å². The second-order valence-corrected chi connectivity index (χ2v) is 7.28. The van der Waals surface area contributed by atoms with Crippen molar-refractivity contribution in [2.45, 2.75) is 30.6 Å². The number of nitrogens with zero attached hydrogens (tertiary/aromatic N) is 1. The van der Waals surface area contributed by atoms with Gasteiger partial charge in [0.05, 0.1) is 15.2 Å². The number of hydrogen-bond donors (Lipinski definition) is 1. The van der Waals surface area contributed by atoms with Crippen molar-refractivity contribution in [3.05, 3.63) is 46.5 Å². The molecule has 0 aliphatic rings. The van der Waals surface area contributed by atoms with Crippen molar-refractivity contribution in [1.29, 1.82) is 0 Å². The molecule has 3 rings (SSSR count). The zero-order valence-electron chi connectivity index (χ0n) is 11.7. The van der Waals surface area contributed by atoms with Gasteiger partial charge in [0.2, 0.25) is 0 Å². The average molecular weight is 300 g/mol. The monoisotopic (exact) mass is 300 g/mol. The van der Waals surface area contributed by atoms with Gasteiger partial charge >= 0.3 is 0 Å². The molecule has 4 heteroatoms. The molecule has 0 radical (unpaired) electrons. The van der Waals surface area contributed by atoms with Crippen LogP contribution in [0.5, 0.6) is 0 Å². The largest absolute Gasteiger partial charge is 0.398 e. The summed E-state index contributed by atoms with van der Waals surface area (Å²) in [6.45, 7) is 6.27. The molecule has 0 saturated carbocycles. The predicted molar refractivity (Wildman–Crippen MR) is 88.8 cm³/mol. The van der Waals surface area contributed by atoms with Crippen LogP contribution < -0.4 is 5.73 Å². The van der Waals surface area contributed by atoms with Gasteiger partial charge < -0.3 is 5.73 Å². The first-order valence-corrected chi connectivity index (χ1v) is 8.08. The third-order valence-corrected chi connectivity index (χ3v) is 5.36. The Morgan fingerprint density at radius 2 is 1.85 bits per heavy atom. The van der Waals surface area contributed by atoms with Crippen LogP contribution >= 0.6 is 23.1 Å². The Balaban J connectivity index is 2.05. The van der Waals surface area contributed by atoms with Crippen LogP contribution in [0.3, 0.4) is 0 Å². The molecule has 1 aromatic heterocycles. The number of aryl methyl sites for hydroxylation is 3. The zero-order chi connectivity index (χ0) is 14.3. The van der Waals surface area contributed by atoms with Crippen molar-refractivity contribution >= 4 is 39.0 Å². The maximum atomic E-state index is 6.19. The molecule has 2 nitrogen and oxygen atoms in total. The number of fused-ring (bicyclic) bond motifs is 1. The van der Waals surface area contributed by atoms with E-state index in [1.807, 2.05) is 13.0 Å².